The van der Waals surface area contributed by atoms with Gasteiger partial charge in [0, 0.05) is 24.5 Å². The summed E-state index contributed by atoms with van der Waals surface area (Å²) in [5.74, 6) is -0.0822. The standard InChI is InChI=1S/C14H24N2O2Si/c1-14(2,3)19(4,5)18-11-10-16-13(17)12-6-8-15-9-7-12/h6-9H,10-11H2,1-5H3,(H,16,17). The van der Waals surface area contributed by atoms with E-state index in [2.05, 4.69) is 44.2 Å². The minimum Gasteiger partial charge on any atom is -0.415 e. The summed E-state index contributed by atoms with van der Waals surface area (Å²) >= 11 is 0. The Kier molecular flexibility index (Phi) is 5.26. The number of carbonyl (C=O) groups excluding carboxylic acids is 1. The zero-order valence-electron chi connectivity index (χ0n) is 12.5. The molecule has 1 aromatic heterocycles. The lowest BCUT2D eigenvalue weighted by Crippen LogP contribution is -2.42. The second-order valence-corrected chi connectivity index (χ2v) is 10.9. The fourth-order valence-electron chi connectivity index (χ4n) is 1.29. The third kappa shape index (κ3) is 4.76. The SMILES string of the molecule is CC(C)(C)[Si](C)(C)OCCNC(=O)c1ccncc1. The van der Waals surface area contributed by atoms with Gasteiger partial charge in [-0.25, -0.2) is 0 Å². The Morgan fingerprint density at radius 3 is 2.42 bits per heavy atom. The fourth-order valence-corrected chi connectivity index (χ4v) is 2.34. The van der Waals surface area contributed by atoms with Crippen molar-refractivity contribution in [3.63, 3.8) is 0 Å². The Morgan fingerprint density at radius 2 is 1.89 bits per heavy atom. The molecule has 0 bridgehead atoms. The first kappa shape index (κ1) is 15.9. The maximum atomic E-state index is 11.8. The van der Waals surface area contributed by atoms with Crippen LogP contribution in [-0.4, -0.2) is 32.4 Å². The van der Waals surface area contributed by atoms with E-state index in [1.807, 2.05) is 0 Å². The molecule has 1 rings (SSSR count). The van der Waals surface area contributed by atoms with E-state index in [1.54, 1.807) is 24.5 Å². The lowest BCUT2D eigenvalue weighted by Gasteiger charge is -2.36. The molecule has 1 amide bonds. The molecule has 0 unspecified atom stereocenters. The number of nitrogens with one attached hydrogen (secondary N) is 1. The van der Waals surface area contributed by atoms with Gasteiger partial charge < -0.3 is 9.74 Å². The molecule has 106 valence electrons. The van der Waals surface area contributed by atoms with Crippen LogP contribution in [0.5, 0.6) is 0 Å². The second kappa shape index (κ2) is 6.30. The lowest BCUT2D eigenvalue weighted by molar-refractivity contribution is 0.0945. The minimum absolute atomic E-state index is 0.0822. The molecule has 19 heavy (non-hydrogen) atoms. The smallest absolute Gasteiger partial charge is 0.251 e. The minimum atomic E-state index is -1.72. The summed E-state index contributed by atoms with van der Waals surface area (Å²) in [6.45, 7) is 12.1. The van der Waals surface area contributed by atoms with Crippen LogP contribution in [-0.2, 0) is 4.43 Å². The molecule has 0 fully saturated rings. The molecule has 0 aliphatic carbocycles. The zero-order chi connectivity index (χ0) is 14.5. The number of rotatable bonds is 5. The van der Waals surface area contributed by atoms with Gasteiger partial charge >= 0.3 is 0 Å². The van der Waals surface area contributed by atoms with Crippen LogP contribution in [0.15, 0.2) is 24.5 Å². The Labute approximate surface area is 116 Å². The Bertz CT molecular complexity index is 413. The van der Waals surface area contributed by atoms with Crippen molar-refractivity contribution in [1.82, 2.24) is 10.3 Å². The molecular formula is C14H24N2O2Si. The lowest BCUT2D eigenvalue weighted by atomic mass is 10.2. The quantitative estimate of drug-likeness (QED) is 0.666. The highest BCUT2D eigenvalue weighted by Gasteiger charge is 2.36. The van der Waals surface area contributed by atoms with E-state index in [0.29, 0.717) is 18.7 Å². The van der Waals surface area contributed by atoms with Crippen LogP contribution in [0, 0.1) is 0 Å². The maximum Gasteiger partial charge on any atom is 0.251 e. The number of amides is 1. The van der Waals surface area contributed by atoms with Crippen LogP contribution in [0.4, 0.5) is 0 Å². The molecule has 0 atom stereocenters. The largest absolute Gasteiger partial charge is 0.415 e. The van der Waals surface area contributed by atoms with E-state index < -0.39 is 8.32 Å². The molecule has 0 saturated carbocycles. The maximum absolute atomic E-state index is 11.8. The molecule has 0 saturated heterocycles. The van der Waals surface area contributed by atoms with E-state index in [4.69, 9.17) is 4.43 Å². The highest BCUT2D eigenvalue weighted by Crippen LogP contribution is 2.36. The van der Waals surface area contributed by atoms with Crippen LogP contribution in [0.1, 0.15) is 31.1 Å². The average Bonchev–Trinajstić information content (AvgIpc) is 2.34. The van der Waals surface area contributed by atoms with Gasteiger partial charge in [0.2, 0.25) is 0 Å². The number of nitrogens with zero attached hydrogens (tertiary/aromatic N) is 1. The number of carbonyl (C=O) groups is 1. The first-order valence-electron chi connectivity index (χ1n) is 6.56. The fraction of sp³-hybridized carbons (Fsp3) is 0.571. The van der Waals surface area contributed by atoms with Crippen LogP contribution in [0.3, 0.4) is 0 Å². The topological polar surface area (TPSA) is 51.2 Å². The third-order valence-corrected chi connectivity index (χ3v) is 8.14. The van der Waals surface area contributed by atoms with E-state index in [1.165, 1.54) is 0 Å². The zero-order valence-corrected chi connectivity index (χ0v) is 13.5. The van der Waals surface area contributed by atoms with Crippen molar-refractivity contribution < 1.29 is 9.22 Å². The third-order valence-electron chi connectivity index (χ3n) is 3.60. The summed E-state index contributed by atoms with van der Waals surface area (Å²) in [6, 6.07) is 3.40. The van der Waals surface area contributed by atoms with Crippen LogP contribution >= 0.6 is 0 Å². The summed E-state index contributed by atoms with van der Waals surface area (Å²) < 4.78 is 5.99. The van der Waals surface area contributed by atoms with Crippen molar-refractivity contribution in [2.24, 2.45) is 0 Å². The van der Waals surface area contributed by atoms with Crippen LogP contribution in [0.2, 0.25) is 18.1 Å². The molecule has 1 heterocycles. The molecule has 4 nitrogen and oxygen atoms in total. The van der Waals surface area contributed by atoms with Gasteiger partial charge in [-0.15, -0.1) is 0 Å². The molecule has 0 aliphatic heterocycles. The summed E-state index contributed by atoms with van der Waals surface area (Å²) in [5, 5.41) is 3.05. The predicted molar refractivity (Wildman–Crippen MR) is 79.7 cm³/mol. The average molecular weight is 280 g/mol. The first-order valence-corrected chi connectivity index (χ1v) is 9.47. The van der Waals surface area contributed by atoms with E-state index >= 15 is 0 Å². The Balaban J connectivity index is 2.34. The van der Waals surface area contributed by atoms with Crippen molar-refractivity contribution in [3.8, 4) is 0 Å². The normalized spacial score (nSPS) is 12.3. The molecule has 0 aliphatic rings. The van der Waals surface area contributed by atoms with Crippen molar-refractivity contribution in [1.29, 1.82) is 0 Å². The van der Waals surface area contributed by atoms with Gasteiger partial charge in [0.05, 0.1) is 6.61 Å². The van der Waals surface area contributed by atoms with Gasteiger partial charge in [0.25, 0.3) is 5.91 Å². The van der Waals surface area contributed by atoms with Crippen LogP contribution < -0.4 is 5.32 Å². The summed E-state index contributed by atoms with van der Waals surface area (Å²) in [5.41, 5.74) is 0.627. The van der Waals surface area contributed by atoms with Crippen LogP contribution in [0.25, 0.3) is 0 Å². The molecule has 0 spiro atoms. The van der Waals surface area contributed by atoms with Crippen molar-refractivity contribution in [2.45, 2.75) is 38.9 Å². The Hall–Kier alpha value is -1.20. The molecule has 5 heteroatoms. The molecule has 0 radical (unpaired) electrons. The Morgan fingerprint density at radius 1 is 1.32 bits per heavy atom. The second-order valence-electron chi connectivity index (χ2n) is 6.10. The molecular weight excluding hydrogens is 256 g/mol. The molecule has 1 aromatic rings. The van der Waals surface area contributed by atoms with Gasteiger partial charge in [0.1, 0.15) is 0 Å². The van der Waals surface area contributed by atoms with Crippen molar-refractivity contribution in [3.05, 3.63) is 30.1 Å². The van der Waals surface area contributed by atoms with E-state index in [0.717, 1.165) is 0 Å². The molecule has 0 aromatic carbocycles. The summed E-state index contributed by atoms with van der Waals surface area (Å²) in [4.78, 5) is 15.7. The van der Waals surface area contributed by atoms with Gasteiger partial charge in [0.15, 0.2) is 8.32 Å². The van der Waals surface area contributed by atoms with E-state index in [-0.39, 0.29) is 10.9 Å². The number of aromatic nitrogens is 1. The first-order chi connectivity index (χ1) is 8.74. The summed E-state index contributed by atoms with van der Waals surface area (Å²) in [6.07, 6.45) is 3.22. The van der Waals surface area contributed by atoms with Gasteiger partial charge in [-0.05, 0) is 30.3 Å². The predicted octanol–water partition coefficient (Wildman–Crippen LogP) is 2.83. The summed E-state index contributed by atoms with van der Waals surface area (Å²) in [7, 11) is -1.72. The van der Waals surface area contributed by atoms with Crippen molar-refractivity contribution in [2.75, 3.05) is 13.2 Å². The highest BCUT2D eigenvalue weighted by molar-refractivity contribution is 6.74. The molecule has 1 N–H and O–H groups in total. The van der Waals surface area contributed by atoms with Crippen molar-refractivity contribution >= 4 is 14.2 Å². The monoisotopic (exact) mass is 280 g/mol. The number of hydrogen-bond acceptors (Lipinski definition) is 3. The van der Waals surface area contributed by atoms with Gasteiger partial charge in [-0.1, -0.05) is 20.8 Å². The number of pyridine rings is 1. The van der Waals surface area contributed by atoms with Gasteiger partial charge in [-0.3, -0.25) is 9.78 Å². The van der Waals surface area contributed by atoms with Gasteiger partial charge in [-0.2, -0.15) is 0 Å². The highest BCUT2D eigenvalue weighted by atomic mass is 28.4. The number of hydrogen-bond donors (Lipinski definition) is 1. The van der Waals surface area contributed by atoms with E-state index in [9.17, 15) is 4.79 Å².